The summed E-state index contributed by atoms with van der Waals surface area (Å²) in [7, 11) is 0. The number of hydrogen-bond donors (Lipinski definition) is 1. The van der Waals surface area contributed by atoms with Gasteiger partial charge < -0.3 is 10.2 Å². The molecule has 120 valence electrons. The van der Waals surface area contributed by atoms with Crippen molar-refractivity contribution in [1.29, 1.82) is 0 Å². The summed E-state index contributed by atoms with van der Waals surface area (Å²) in [5.74, 6) is 1.52. The van der Waals surface area contributed by atoms with E-state index in [1.54, 1.807) is 11.3 Å². The fourth-order valence-electron chi connectivity index (χ4n) is 2.95. The van der Waals surface area contributed by atoms with Crippen molar-refractivity contribution in [1.82, 2.24) is 10.2 Å². The third kappa shape index (κ3) is 5.61. The van der Waals surface area contributed by atoms with E-state index < -0.39 is 0 Å². The lowest BCUT2D eigenvalue weighted by atomic mass is 9.84. The number of nitrogens with one attached hydrogen (secondary N) is 1. The minimum atomic E-state index is 0. The zero-order chi connectivity index (χ0) is 14.4. The summed E-state index contributed by atoms with van der Waals surface area (Å²) < 4.78 is 0. The monoisotopic (exact) mass is 330 g/mol. The maximum absolute atomic E-state index is 12.5. The smallest absolute Gasteiger partial charge is 0.223 e. The SMILES string of the molecule is CCN(Cc1cccs1)C(=O)CC(C)C1CCNCC1.Cl. The molecule has 0 saturated carbocycles. The summed E-state index contributed by atoms with van der Waals surface area (Å²) in [5.41, 5.74) is 0. The van der Waals surface area contributed by atoms with Gasteiger partial charge in [0, 0.05) is 17.8 Å². The van der Waals surface area contributed by atoms with Crippen LogP contribution in [0.25, 0.3) is 0 Å². The molecule has 1 N–H and O–H groups in total. The van der Waals surface area contributed by atoms with Gasteiger partial charge in [-0.25, -0.2) is 0 Å². The highest BCUT2D eigenvalue weighted by Gasteiger charge is 2.24. The van der Waals surface area contributed by atoms with Gasteiger partial charge in [-0.05, 0) is 56.1 Å². The number of thiophene rings is 1. The Labute approximate surface area is 138 Å². The van der Waals surface area contributed by atoms with E-state index in [2.05, 4.69) is 36.7 Å². The Bertz CT molecular complexity index is 404. The summed E-state index contributed by atoms with van der Waals surface area (Å²) in [4.78, 5) is 15.7. The number of hydrogen-bond acceptors (Lipinski definition) is 3. The van der Waals surface area contributed by atoms with Crippen LogP contribution in [0.3, 0.4) is 0 Å². The van der Waals surface area contributed by atoms with E-state index in [-0.39, 0.29) is 12.4 Å². The average molecular weight is 331 g/mol. The first-order valence-electron chi connectivity index (χ1n) is 7.71. The molecule has 1 aliphatic heterocycles. The molecule has 1 unspecified atom stereocenters. The second kappa shape index (κ2) is 9.44. The standard InChI is InChI=1S/C16H26N2OS.ClH/c1-3-18(12-15-5-4-10-20-15)16(19)11-13(2)14-6-8-17-9-7-14;/h4-5,10,13-14,17H,3,6-9,11-12H2,1-2H3;1H. The van der Waals surface area contributed by atoms with Gasteiger partial charge in [-0.15, -0.1) is 23.7 Å². The van der Waals surface area contributed by atoms with E-state index in [9.17, 15) is 4.79 Å². The van der Waals surface area contributed by atoms with Crippen molar-refractivity contribution in [3.05, 3.63) is 22.4 Å². The molecule has 0 spiro atoms. The second-order valence-electron chi connectivity index (χ2n) is 5.76. The predicted molar refractivity (Wildman–Crippen MR) is 92.0 cm³/mol. The van der Waals surface area contributed by atoms with Crippen molar-refractivity contribution in [2.45, 2.75) is 39.7 Å². The maximum Gasteiger partial charge on any atom is 0.223 e. The minimum absolute atomic E-state index is 0. The molecule has 1 aromatic rings. The molecule has 0 aromatic carbocycles. The first kappa shape index (κ1) is 18.5. The lowest BCUT2D eigenvalue weighted by Gasteiger charge is -2.29. The molecular formula is C16H27ClN2OS. The van der Waals surface area contributed by atoms with Gasteiger partial charge >= 0.3 is 0 Å². The predicted octanol–water partition coefficient (Wildman–Crippen LogP) is 3.54. The van der Waals surface area contributed by atoms with Crippen LogP contribution in [0.4, 0.5) is 0 Å². The van der Waals surface area contributed by atoms with E-state index in [0.29, 0.717) is 24.2 Å². The number of carbonyl (C=O) groups excluding carboxylic acids is 1. The summed E-state index contributed by atoms with van der Waals surface area (Å²) in [6.45, 7) is 8.10. The topological polar surface area (TPSA) is 32.3 Å². The van der Waals surface area contributed by atoms with Crippen LogP contribution >= 0.6 is 23.7 Å². The van der Waals surface area contributed by atoms with Gasteiger partial charge in [0.1, 0.15) is 0 Å². The van der Waals surface area contributed by atoms with E-state index in [1.807, 2.05) is 4.90 Å². The zero-order valence-electron chi connectivity index (χ0n) is 13.0. The number of halogens is 1. The van der Waals surface area contributed by atoms with Crippen LogP contribution in [-0.2, 0) is 11.3 Å². The third-order valence-electron chi connectivity index (χ3n) is 4.35. The van der Waals surface area contributed by atoms with Crippen LogP contribution in [0.15, 0.2) is 17.5 Å². The molecule has 5 heteroatoms. The van der Waals surface area contributed by atoms with Gasteiger partial charge in [0.15, 0.2) is 0 Å². The number of amides is 1. The largest absolute Gasteiger partial charge is 0.338 e. The van der Waals surface area contributed by atoms with Gasteiger partial charge in [0.05, 0.1) is 6.54 Å². The Morgan fingerprint density at radius 1 is 1.48 bits per heavy atom. The third-order valence-corrected chi connectivity index (χ3v) is 5.21. The molecule has 0 aliphatic carbocycles. The molecule has 21 heavy (non-hydrogen) atoms. The van der Waals surface area contributed by atoms with Crippen molar-refractivity contribution in [3.8, 4) is 0 Å². The average Bonchev–Trinajstić information content (AvgIpc) is 2.98. The van der Waals surface area contributed by atoms with E-state index in [1.165, 1.54) is 17.7 Å². The van der Waals surface area contributed by atoms with Crippen LogP contribution in [0.2, 0.25) is 0 Å². The Morgan fingerprint density at radius 2 is 2.19 bits per heavy atom. The number of piperidine rings is 1. The van der Waals surface area contributed by atoms with Crippen molar-refractivity contribution in [3.63, 3.8) is 0 Å². The first-order chi connectivity index (χ1) is 9.70. The Morgan fingerprint density at radius 3 is 2.76 bits per heavy atom. The Balaban J connectivity index is 0.00000220. The molecule has 2 rings (SSSR count). The molecule has 1 fully saturated rings. The first-order valence-corrected chi connectivity index (χ1v) is 8.59. The van der Waals surface area contributed by atoms with E-state index >= 15 is 0 Å². The quantitative estimate of drug-likeness (QED) is 0.865. The number of nitrogens with zero attached hydrogens (tertiary/aromatic N) is 1. The summed E-state index contributed by atoms with van der Waals surface area (Å²) in [6, 6.07) is 4.16. The number of carbonyl (C=O) groups is 1. The molecule has 0 bridgehead atoms. The molecule has 2 heterocycles. The van der Waals surface area contributed by atoms with Crippen LogP contribution in [0, 0.1) is 11.8 Å². The van der Waals surface area contributed by atoms with Gasteiger partial charge in [-0.2, -0.15) is 0 Å². The van der Waals surface area contributed by atoms with Crippen molar-refractivity contribution < 1.29 is 4.79 Å². The van der Waals surface area contributed by atoms with Crippen LogP contribution in [0.5, 0.6) is 0 Å². The van der Waals surface area contributed by atoms with Gasteiger partial charge in [-0.3, -0.25) is 4.79 Å². The highest BCUT2D eigenvalue weighted by atomic mass is 35.5. The molecule has 1 amide bonds. The normalized spacial score (nSPS) is 17.0. The fraction of sp³-hybridized carbons (Fsp3) is 0.688. The lowest BCUT2D eigenvalue weighted by molar-refractivity contribution is -0.133. The van der Waals surface area contributed by atoms with Crippen LogP contribution in [0.1, 0.15) is 38.0 Å². The molecule has 1 aromatic heterocycles. The molecule has 3 nitrogen and oxygen atoms in total. The molecule has 1 saturated heterocycles. The van der Waals surface area contributed by atoms with E-state index in [0.717, 1.165) is 26.2 Å². The van der Waals surface area contributed by atoms with E-state index in [4.69, 9.17) is 0 Å². The van der Waals surface area contributed by atoms with Crippen LogP contribution in [-0.4, -0.2) is 30.4 Å². The van der Waals surface area contributed by atoms with Crippen molar-refractivity contribution >= 4 is 29.7 Å². The highest BCUT2D eigenvalue weighted by molar-refractivity contribution is 7.09. The second-order valence-corrected chi connectivity index (χ2v) is 6.79. The fourth-order valence-corrected chi connectivity index (χ4v) is 3.67. The summed E-state index contributed by atoms with van der Waals surface area (Å²) in [5, 5.41) is 5.47. The maximum atomic E-state index is 12.5. The minimum Gasteiger partial charge on any atom is -0.338 e. The van der Waals surface area contributed by atoms with Gasteiger partial charge in [0.2, 0.25) is 5.91 Å². The van der Waals surface area contributed by atoms with Crippen molar-refractivity contribution in [2.75, 3.05) is 19.6 Å². The summed E-state index contributed by atoms with van der Waals surface area (Å²) in [6.07, 6.45) is 3.13. The summed E-state index contributed by atoms with van der Waals surface area (Å²) >= 11 is 1.73. The van der Waals surface area contributed by atoms with Gasteiger partial charge in [0.25, 0.3) is 0 Å². The molecular weight excluding hydrogens is 304 g/mol. The number of rotatable bonds is 6. The molecule has 0 radical (unpaired) electrons. The Kier molecular flexibility index (Phi) is 8.30. The molecule has 1 aliphatic rings. The van der Waals surface area contributed by atoms with Gasteiger partial charge in [-0.1, -0.05) is 13.0 Å². The Hall–Kier alpha value is -0.580. The zero-order valence-corrected chi connectivity index (χ0v) is 14.6. The lowest BCUT2D eigenvalue weighted by Crippen LogP contribution is -2.35. The molecule has 1 atom stereocenters. The van der Waals surface area contributed by atoms with Crippen LogP contribution < -0.4 is 5.32 Å². The highest BCUT2D eigenvalue weighted by Crippen LogP contribution is 2.25. The van der Waals surface area contributed by atoms with Crippen molar-refractivity contribution in [2.24, 2.45) is 11.8 Å².